The van der Waals surface area contributed by atoms with E-state index in [-0.39, 0.29) is 5.41 Å². The number of piperidine rings is 1. The van der Waals surface area contributed by atoms with Gasteiger partial charge in [0.2, 0.25) is 5.72 Å². The Hall–Kier alpha value is -3.68. The van der Waals surface area contributed by atoms with Gasteiger partial charge >= 0.3 is 0 Å². The minimum Gasteiger partial charge on any atom is -0.495 e. The molecule has 1 saturated carbocycles. The van der Waals surface area contributed by atoms with Crippen LogP contribution in [-0.2, 0) is 10.6 Å². The normalized spacial score (nSPS) is 23.0. The lowest BCUT2D eigenvalue weighted by atomic mass is 9.85. The molecule has 8 heteroatoms. The van der Waals surface area contributed by atoms with Crippen molar-refractivity contribution in [2.24, 2.45) is 10.6 Å². The van der Waals surface area contributed by atoms with Crippen LogP contribution in [0.5, 0.6) is 5.75 Å². The molecule has 0 N–H and O–H groups in total. The third kappa shape index (κ3) is 3.58. The molecule has 6 nitrogen and oxygen atoms in total. The Morgan fingerprint density at radius 1 is 1.14 bits per heavy atom. The molecule has 1 unspecified atom stereocenters. The molecule has 1 aliphatic carbocycles. The van der Waals surface area contributed by atoms with E-state index >= 15 is 0 Å². The quantitative estimate of drug-likeness (QED) is 0.444. The molecule has 1 saturated heterocycles. The first-order valence-corrected chi connectivity index (χ1v) is 12.3. The molecule has 3 heterocycles. The van der Waals surface area contributed by atoms with Crippen LogP contribution in [0.3, 0.4) is 0 Å². The Labute approximate surface area is 208 Å². The molecule has 1 spiro atoms. The molecule has 2 aromatic carbocycles. The average Bonchev–Trinajstić information content (AvgIpc) is 3.29. The van der Waals surface area contributed by atoms with Crippen LogP contribution < -0.4 is 4.74 Å². The number of rotatable bonds is 5. The van der Waals surface area contributed by atoms with Crippen molar-refractivity contribution in [3.05, 3.63) is 83.0 Å². The lowest BCUT2D eigenvalue weighted by molar-refractivity contribution is -0.115. The number of halogens is 2. The first-order valence-electron chi connectivity index (χ1n) is 12.3. The molecule has 186 valence electrons. The molecule has 1 atom stereocenters. The number of oxime groups is 1. The largest absolute Gasteiger partial charge is 0.495 e. The Morgan fingerprint density at radius 2 is 1.97 bits per heavy atom. The number of hydrogen-bond donors (Lipinski definition) is 0. The van der Waals surface area contributed by atoms with Gasteiger partial charge in [0.15, 0.2) is 17.5 Å². The summed E-state index contributed by atoms with van der Waals surface area (Å²) in [6.45, 7) is 4.71. The van der Waals surface area contributed by atoms with Crippen molar-refractivity contribution >= 4 is 11.9 Å². The first-order chi connectivity index (χ1) is 17.4. The van der Waals surface area contributed by atoms with Crippen molar-refractivity contribution in [2.75, 3.05) is 13.7 Å². The standard InChI is InChI=1S/C28H28F2N4O2/c1-4-28(21-6-7-22(29)23(30)13-21)34-16-27(9-10-27)14-20(26(34)32-36-28)11-19-5-8-24(25(12-19)35-3)33-15-18(2)31-17-33/h5-8,11-13,15,17H,4,9-10,14,16H2,1-3H3. The topological polar surface area (TPSA) is 51.9 Å². The second-order valence-electron chi connectivity index (χ2n) is 10.1. The third-order valence-corrected chi connectivity index (χ3v) is 7.66. The lowest BCUT2D eigenvalue weighted by Gasteiger charge is -2.42. The number of benzene rings is 2. The molecule has 0 radical (unpaired) electrons. The maximum atomic E-state index is 14.2. The van der Waals surface area contributed by atoms with Gasteiger partial charge in [-0.1, -0.05) is 18.1 Å². The summed E-state index contributed by atoms with van der Waals surface area (Å²) in [6, 6.07) is 10.1. The first kappa shape index (κ1) is 22.8. The van der Waals surface area contributed by atoms with Gasteiger partial charge in [-0.05, 0) is 79.1 Å². The van der Waals surface area contributed by atoms with Crippen LogP contribution in [0.1, 0.15) is 49.4 Å². The van der Waals surface area contributed by atoms with E-state index in [1.165, 1.54) is 6.07 Å². The van der Waals surface area contributed by atoms with Gasteiger partial charge in [-0.2, -0.15) is 0 Å². The number of hydrogen-bond acceptors (Lipinski definition) is 5. The van der Waals surface area contributed by atoms with Crippen LogP contribution in [0.15, 0.2) is 59.7 Å². The highest BCUT2D eigenvalue weighted by atomic mass is 19.2. The van der Waals surface area contributed by atoms with Gasteiger partial charge in [-0.15, -0.1) is 0 Å². The fourth-order valence-corrected chi connectivity index (χ4v) is 5.48. The number of methoxy groups -OCH3 is 1. The highest BCUT2D eigenvalue weighted by Gasteiger charge is 2.57. The van der Waals surface area contributed by atoms with Crippen molar-refractivity contribution in [2.45, 2.75) is 45.3 Å². The minimum atomic E-state index is -0.959. The van der Waals surface area contributed by atoms with Crippen molar-refractivity contribution in [3.63, 3.8) is 0 Å². The van der Waals surface area contributed by atoms with Gasteiger partial charge in [0.05, 0.1) is 24.8 Å². The van der Waals surface area contributed by atoms with Gasteiger partial charge in [0.25, 0.3) is 0 Å². The smallest absolute Gasteiger partial charge is 0.237 e. The second kappa shape index (κ2) is 8.18. The molecule has 6 rings (SSSR count). The van der Waals surface area contributed by atoms with Crippen molar-refractivity contribution in [3.8, 4) is 11.4 Å². The van der Waals surface area contributed by atoms with E-state index in [1.54, 1.807) is 19.5 Å². The van der Waals surface area contributed by atoms with E-state index in [9.17, 15) is 8.78 Å². The molecule has 3 aromatic rings. The van der Waals surface area contributed by atoms with Crippen LogP contribution >= 0.6 is 0 Å². The Morgan fingerprint density at radius 3 is 2.64 bits per heavy atom. The van der Waals surface area contributed by atoms with Gasteiger partial charge in [-0.3, -0.25) is 0 Å². The maximum absolute atomic E-state index is 14.2. The summed E-state index contributed by atoms with van der Waals surface area (Å²) in [5.41, 5.74) is 3.67. The van der Waals surface area contributed by atoms with Crippen LogP contribution in [-0.4, -0.2) is 33.9 Å². The molecule has 1 aromatic heterocycles. The summed E-state index contributed by atoms with van der Waals surface area (Å²) in [5.74, 6) is -0.255. The summed E-state index contributed by atoms with van der Waals surface area (Å²) < 4.78 is 35.5. The third-order valence-electron chi connectivity index (χ3n) is 7.66. The highest BCUT2D eigenvalue weighted by Crippen LogP contribution is 2.57. The average molecular weight is 491 g/mol. The predicted molar refractivity (Wildman–Crippen MR) is 133 cm³/mol. The number of fused-ring (bicyclic) bond motifs is 1. The van der Waals surface area contributed by atoms with E-state index in [1.807, 2.05) is 36.7 Å². The number of aryl methyl sites for hydroxylation is 1. The number of imidazole rings is 1. The summed E-state index contributed by atoms with van der Waals surface area (Å²) in [5, 5.41) is 4.51. The van der Waals surface area contributed by atoms with Gasteiger partial charge in [0.1, 0.15) is 5.75 Å². The van der Waals surface area contributed by atoms with Gasteiger partial charge < -0.3 is 19.0 Å². The van der Waals surface area contributed by atoms with Crippen molar-refractivity contribution < 1.29 is 18.4 Å². The monoisotopic (exact) mass is 490 g/mol. The minimum absolute atomic E-state index is 0.149. The van der Waals surface area contributed by atoms with Gasteiger partial charge in [0, 0.05) is 24.7 Å². The van der Waals surface area contributed by atoms with E-state index in [0.717, 1.165) is 66.0 Å². The molecular weight excluding hydrogens is 462 g/mol. The maximum Gasteiger partial charge on any atom is 0.237 e. The van der Waals surface area contributed by atoms with Crippen LogP contribution in [0.2, 0.25) is 0 Å². The Balaban J connectivity index is 1.38. The zero-order valence-electron chi connectivity index (χ0n) is 20.6. The van der Waals surface area contributed by atoms with E-state index in [4.69, 9.17) is 9.57 Å². The van der Waals surface area contributed by atoms with Crippen molar-refractivity contribution in [1.29, 1.82) is 0 Å². The van der Waals surface area contributed by atoms with E-state index in [0.29, 0.717) is 12.0 Å². The molecule has 0 bridgehead atoms. The molecule has 2 aliphatic heterocycles. The number of aromatic nitrogens is 2. The SMILES string of the molecule is CCC1(c2ccc(F)c(F)c2)ON=C2C(=Cc3ccc(-n4cnc(C)c4)c(OC)c3)CC3(CC3)CN21. The predicted octanol–water partition coefficient (Wildman–Crippen LogP) is 5.94. The van der Waals surface area contributed by atoms with Crippen LogP contribution in [0, 0.1) is 24.0 Å². The molecule has 3 aliphatic rings. The zero-order chi connectivity index (χ0) is 25.1. The number of nitrogens with zero attached hydrogens (tertiary/aromatic N) is 4. The number of ether oxygens (including phenoxy) is 1. The highest BCUT2D eigenvalue weighted by molar-refractivity contribution is 6.04. The molecule has 2 fully saturated rings. The fourth-order valence-electron chi connectivity index (χ4n) is 5.48. The van der Waals surface area contributed by atoms with Crippen LogP contribution in [0.25, 0.3) is 11.8 Å². The van der Waals surface area contributed by atoms with Crippen molar-refractivity contribution in [1.82, 2.24) is 14.5 Å². The Bertz CT molecular complexity index is 1410. The molecule has 36 heavy (non-hydrogen) atoms. The van der Waals surface area contributed by atoms with Crippen LogP contribution in [0.4, 0.5) is 8.78 Å². The second-order valence-corrected chi connectivity index (χ2v) is 10.1. The molecular formula is C28H28F2N4O2. The van der Waals surface area contributed by atoms with Gasteiger partial charge in [-0.25, -0.2) is 13.8 Å². The summed E-state index contributed by atoms with van der Waals surface area (Å²) in [7, 11) is 1.66. The summed E-state index contributed by atoms with van der Waals surface area (Å²) in [6.07, 6.45) is 9.54. The zero-order valence-corrected chi connectivity index (χ0v) is 20.6. The number of amidine groups is 1. The Kier molecular flexibility index (Phi) is 5.17. The van der Waals surface area contributed by atoms with E-state index < -0.39 is 17.4 Å². The molecule has 0 amide bonds. The van der Waals surface area contributed by atoms with E-state index in [2.05, 4.69) is 27.2 Å². The summed E-state index contributed by atoms with van der Waals surface area (Å²) in [4.78, 5) is 12.6. The lowest BCUT2D eigenvalue weighted by Crippen LogP contribution is -2.51. The summed E-state index contributed by atoms with van der Waals surface area (Å²) >= 11 is 0. The fraction of sp³-hybridized carbons (Fsp3) is 0.357.